The molecule has 0 saturated heterocycles. The van der Waals surface area contributed by atoms with Gasteiger partial charge < -0.3 is 4.42 Å². The lowest BCUT2D eigenvalue weighted by Gasteiger charge is -1.98. The van der Waals surface area contributed by atoms with Crippen LogP contribution in [0.25, 0.3) is 11.8 Å². The molecular weight excluding hydrogens is 264 g/mol. The van der Waals surface area contributed by atoms with E-state index in [1.165, 1.54) is 6.08 Å². The number of aryl methyl sites for hydroxylation is 1. The predicted molar refractivity (Wildman–Crippen MR) is 80.4 cm³/mol. The SMILES string of the molecule is Cc1ccc(C(=O)C=Cc2cnn(-c3ccccc3)c2)o1. The molecule has 0 bridgehead atoms. The van der Waals surface area contributed by atoms with Crippen molar-refractivity contribution < 1.29 is 9.21 Å². The van der Waals surface area contributed by atoms with E-state index in [4.69, 9.17) is 4.42 Å². The summed E-state index contributed by atoms with van der Waals surface area (Å²) in [6.45, 7) is 1.81. The van der Waals surface area contributed by atoms with Gasteiger partial charge in [0.2, 0.25) is 5.78 Å². The fourth-order valence-corrected chi connectivity index (χ4v) is 1.97. The van der Waals surface area contributed by atoms with Crippen LogP contribution in [-0.2, 0) is 0 Å². The van der Waals surface area contributed by atoms with Gasteiger partial charge in [-0.15, -0.1) is 0 Å². The maximum atomic E-state index is 11.9. The summed E-state index contributed by atoms with van der Waals surface area (Å²) in [6.07, 6.45) is 6.80. The molecule has 0 unspecified atom stereocenters. The van der Waals surface area contributed by atoms with Crippen LogP contribution in [0, 0.1) is 6.92 Å². The predicted octanol–water partition coefficient (Wildman–Crippen LogP) is 3.67. The molecule has 0 atom stereocenters. The van der Waals surface area contributed by atoms with E-state index in [2.05, 4.69) is 5.10 Å². The molecule has 104 valence electrons. The van der Waals surface area contributed by atoms with E-state index in [-0.39, 0.29) is 5.78 Å². The van der Waals surface area contributed by atoms with Crippen LogP contribution < -0.4 is 0 Å². The fraction of sp³-hybridized carbons (Fsp3) is 0.0588. The molecule has 0 saturated carbocycles. The van der Waals surface area contributed by atoms with Gasteiger partial charge in [-0.25, -0.2) is 4.68 Å². The number of nitrogens with zero attached hydrogens (tertiary/aromatic N) is 2. The molecule has 0 spiro atoms. The number of para-hydroxylation sites is 1. The highest BCUT2D eigenvalue weighted by Gasteiger charge is 2.06. The largest absolute Gasteiger partial charge is 0.458 e. The summed E-state index contributed by atoms with van der Waals surface area (Å²) in [6, 6.07) is 13.3. The summed E-state index contributed by atoms with van der Waals surface area (Å²) < 4.78 is 7.05. The molecule has 21 heavy (non-hydrogen) atoms. The van der Waals surface area contributed by atoms with Crippen molar-refractivity contribution in [1.82, 2.24) is 9.78 Å². The van der Waals surface area contributed by atoms with E-state index in [1.54, 1.807) is 29.1 Å². The van der Waals surface area contributed by atoms with Crippen molar-refractivity contribution in [2.45, 2.75) is 6.92 Å². The molecule has 0 aliphatic rings. The minimum absolute atomic E-state index is 0.157. The molecule has 0 aliphatic carbocycles. The molecule has 0 N–H and O–H groups in total. The molecule has 4 heteroatoms. The fourth-order valence-electron chi connectivity index (χ4n) is 1.97. The van der Waals surface area contributed by atoms with E-state index in [0.29, 0.717) is 5.76 Å². The molecule has 1 aromatic carbocycles. The Morgan fingerprint density at radius 1 is 1.19 bits per heavy atom. The Labute approximate surface area is 122 Å². The smallest absolute Gasteiger partial charge is 0.221 e. The highest BCUT2D eigenvalue weighted by molar-refractivity contribution is 6.04. The first-order chi connectivity index (χ1) is 10.2. The number of rotatable bonds is 4. The molecule has 3 rings (SSSR count). The highest BCUT2D eigenvalue weighted by atomic mass is 16.3. The van der Waals surface area contributed by atoms with Crippen LogP contribution in [-0.4, -0.2) is 15.6 Å². The number of benzene rings is 1. The van der Waals surface area contributed by atoms with Crippen molar-refractivity contribution >= 4 is 11.9 Å². The van der Waals surface area contributed by atoms with Gasteiger partial charge in [-0.05, 0) is 43.3 Å². The zero-order valence-electron chi connectivity index (χ0n) is 11.6. The summed E-state index contributed by atoms with van der Waals surface area (Å²) in [4.78, 5) is 11.9. The Balaban J connectivity index is 1.75. The van der Waals surface area contributed by atoms with Crippen LogP contribution in [0.5, 0.6) is 0 Å². The van der Waals surface area contributed by atoms with Crippen molar-refractivity contribution in [3.05, 3.63) is 78.0 Å². The van der Waals surface area contributed by atoms with Crippen LogP contribution in [0.4, 0.5) is 0 Å². The zero-order chi connectivity index (χ0) is 14.7. The second-order valence-corrected chi connectivity index (χ2v) is 4.66. The summed E-state index contributed by atoms with van der Waals surface area (Å²) >= 11 is 0. The quantitative estimate of drug-likeness (QED) is 0.540. The average molecular weight is 278 g/mol. The molecule has 4 nitrogen and oxygen atoms in total. The lowest BCUT2D eigenvalue weighted by atomic mass is 10.2. The van der Waals surface area contributed by atoms with Crippen molar-refractivity contribution in [2.75, 3.05) is 0 Å². The summed E-state index contributed by atoms with van der Waals surface area (Å²) in [7, 11) is 0. The number of hydrogen-bond acceptors (Lipinski definition) is 3. The number of carbonyl (C=O) groups is 1. The minimum Gasteiger partial charge on any atom is -0.458 e. The standard InChI is InChI=1S/C17H14N2O2/c1-13-7-10-17(21-13)16(20)9-8-14-11-18-19(12-14)15-5-3-2-4-6-15/h2-12H,1H3. The van der Waals surface area contributed by atoms with Gasteiger partial charge in [-0.2, -0.15) is 5.10 Å². The maximum Gasteiger partial charge on any atom is 0.221 e. The number of hydrogen-bond donors (Lipinski definition) is 0. The van der Waals surface area contributed by atoms with Gasteiger partial charge in [-0.1, -0.05) is 18.2 Å². The maximum absolute atomic E-state index is 11.9. The molecule has 2 heterocycles. The van der Waals surface area contributed by atoms with Crippen molar-refractivity contribution in [3.8, 4) is 5.69 Å². The van der Waals surface area contributed by atoms with Crippen LogP contribution in [0.2, 0.25) is 0 Å². The van der Waals surface area contributed by atoms with Gasteiger partial charge in [0.1, 0.15) is 5.76 Å². The average Bonchev–Trinajstić information content (AvgIpc) is 3.15. The molecule has 2 aromatic heterocycles. The third-order valence-corrected chi connectivity index (χ3v) is 3.03. The minimum atomic E-state index is -0.157. The van der Waals surface area contributed by atoms with Crippen molar-refractivity contribution in [3.63, 3.8) is 0 Å². The lowest BCUT2D eigenvalue weighted by Crippen LogP contribution is -1.92. The molecule has 0 fully saturated rings. The summed E-state index contributed by atoms with van der Waals surface area (Å²) in [5.74, 6) is 0.915. The van der Waals surface area contributed by atoms with Crippen molar-refractivity contribution in [2.24, 2.45) is 0 Å². The zero-order valence-corrected chi connectivity index (χ0v) is 11.6. The first-order valence-electron chi connectivity index (χ1n) is 6.61. The Morgan fingerprint density at radius 2 is 2.00 bits per heavy atom. The second kappa shape index (κ2) is 5.63. The van der Waals surface area contributed by atoms with E-state index in [0.717, 1.165) is 17.0 Å². The number of ketones is 1. The number of allylic oxidation sites excluding steroid dienone is 1. The molecule has 3 aromatic rings. The van der Waals surface area contributed by atoms with Crippen molar-refractivity contribution in [1.29, 1.82) is 0 Å². The van der Waals surface area contributed by atoms with Crippen LogP contribution in [0.15, 0.2) is 65.4 Å². The van der Waals surface area contributed by atoms with Crippen LogP contribution >= 0.6 is 0 Å². The normalized spacial score (nSPS) is 11.1. The number of carbonyl (C=O) groups excluding carboxylic acids is 1. The monoisotopic (exact) mass is 278 g/mol. The highest BCUT2D eigenvalue weighted by Crippen LogP contribution is 2.11. The third-order valence-electron chi connectivity index (χ3n) is 3.03. The molecular formula is C17H14N2O2. The van der Waals surface area contributed by atoms with Crippen LogP contribution in [0.1, 0.15) is 21.9 Å². The van der Waals surface area contributed by atoms with E-state index < -0.39 is 0 Å². The van der Waals surface area contributed by atoms with Gasteiger partial charge in [0.25, 0.3) is 0 Å². The molecule has 0 aliphatic heterocycles. The first-order valence-corrected chi connectivity index (χ1v) is 6.61. The van der Waals surface area contributed by atoms with Gasteiger partial charge in [0.15, 0.2) is 5.76 Å². The van der Waals surface area contributed by atoms with Gasteiger partial charge in [0, 0.05) is 11.8 Å². The van der Waals surface area contributed by atoms with E-state index >= 15 is 0 Å². The molecule has 0 amide bonds. The summed E-state index contributed by atoms with van der Waals surface area (Å²) in [5, 5.41) is 4.27. The second-order valence-electron chi connectivity index (χ2n) is 4.66. The Bertz CT molecular complexity index is 782. The van der Waals surface area contributed by atoms with Gasteiger partial charge in [0.05, 0.1) is 11.9 Å². The van der Waals surface area contributed by atoms with E-state index in [1.807, 2.05) is 43.5 Å². The topological polar surface area (TPSA) is 48.0 Å². The third kappa shape index (κ3) is 3.00. The first kappa shape index (κ1) is 13.1. The van der Waals surface area contributed by atoms with Gasteiger partial charge >= 0.3 is 0 Å². The van der Waals surface area contributed by atoms with E-state index in [9.17, 15) is 4.79 Å². The molecule has 0 radical (unpaired) electrons. The Hall–Kier alpha value is -2.88. The number of aromatic nitrogens is 2. The summed E-state index contributed by atoms with van der Waals surface area (Å²) in [5.41, 5.74) is 1.83. The van der Waals surface area contributed by atoms with Gasteiger partial charge in [-0.3, -0.25) is 4.79 Å². The Kier molecular flexibility index (Phi) is 3.51. The number of furan rings is 1. The van der Waals surface area contributed by atoms with Crippen LogP contribution in [0.3, 0.4) is 0 Å². The Morgan fingerprint density at radius 3 is 2.71 bits per heavy atom. The lowest BCUT2D eigenvalue weighted by molar-refractivity contribution is 0.102.